The van der Waals surface area contributed by atoms with Crippen molar-refractivity contribution in [2.24, 2.45) is 0 Å². The second-order valence-electron chi connectivity index (χ2n) is 6.29. The number of imide groups is 1. The van der Waals surface area contributed by atoms with Crippen LogP contribution in [0.3, 0.4) is 0 Å². The van der Waals surface area contributed by atoms with E-state index in [4.69, 9.17) is 16.4 Å². The SMILES string of the molecule is CCCc1nc(C(=O)ON2C(=O)c3ccccc3C2=O)nn1-c1ccccc1Cl. The quantitative estimate of drug-likeness (QED) is 0.599. The Kier molecular flexibility index (Phi) is 4.85. The molecule has 0 aliphatic carbocycles. The molecule has 1 aliphatic heterocycles. The van der Waals surface area contributed by atoms with Crippen molar-refractivity contribution in [3.63, 3.8) is 0 Å². The molecule has 0 bridgehead atoms. The van der Waals surface area contributed by atoms with Gasteiger partial charge in [-0.05, 0) is 30.7 Å². The van der Waals surface area contributed by atoms with E-state index in [1.807, 2.05) is 6.92 Å². The lowest BCUT2D eigenvalue weighted by atomic mass is 10.1. The molecule has 0 saturated heterocycles. The second-order valence-corrected chi connectivity index (χ2v) is 6.70. The Morgan fingerprint density at radius 1 is 1.03 bits per heavy atom. The zero-order valence-corrected chi connectivity index (χ0v) is 16.1. The largest absolute Gasteiger partial charge is 0.403 e. The van der Waals surface area contributed by atoms with Gasteiger partial charge >= 0.3 is 5.97 Å². The number of nitrogens with zero attached hydrogens (tertiary/aromatic N) is 4. The lowest BCUT2D eigenvalue weighted by Crippen LogP contribution is -2.33. The van der Waals surface area contributed by atoms with Crippen LogP contribution in [0, 0.1) is 0 Å². The highest BCUT2D eigenvalue weighted by molar-refractivity contribution is 6.32. The Balaban J connectivity index is 1.63. The molecule has 0 spiro atoms. The molecule has 9 heteroatoms. The van der Waals surface area contributed by atoms with E-state index < -0.39 is 17.8 Å². The predicted molar refractivity (Wildman–Crippen MR) is 103 cm³/mol. The average Bonchev–Trinajstić information content (AvgIpc) is 3.24. The molecule has 2 heterocycles. The van der Waals surface area contributed by atoms with Gasteiger partial charge < -0.3 is 4.84 Å². The summed E-state index contributed by atoms with van der Waals surface area (Å²) in [7, 11) is 0. The van der Waals surface area contributed by atoms with Crippen molar-refractivity contribution in [1.82, 2.24) is 19.8 Å². The maximum atomic E-state index is 12.6. The van der Waals surface area contributed by atoms with Gasteiger partial charge in [-0.2, -0.15) is 0 Å². The van der Waals surface area contributed by atoms with Crippen LogP contribution in [0.2, 0.25) is 5.02 Å². The van der Waals surface area contributed by atoms with E-state index >= 15 is 0 Å². The molecule has 0 radical (unpaired) electrons. The van der Waals surface area contributed by atoms with E-state index in [0.717, 1.165) is 6.42 Å². The van der Waals surface area contributed by atoms with Crippen LogP contribution in [0.25, 0.3) is 5.69 Å². The maximum Gasteiger partial charge on any atom is 0.403 e. The Hall–Kier alpha value is -3.52. The standard InChI is InChI=1S/C20H15ClN4O4/c1-2-7-16-22-17(23-24(16)15-11-6-5-10-14(15)21)20(28)29-25-18(26)12-8-3-4-9-13(12)19(25)27/h3-6,8-11H,2,7H2,1H3. The highest BCUT2D eigenvalue weighted by Crippen LogP contribution is 2.24. The molecule has 29 heavy (non-hydrogen) atoms. The van der Waals surface area contributed by atoms with E-state index in [9.17, 15) is 14.4 Å². The minimum absolute atomic E-state index is 0.173. The van der Waals surface area contributed by atoms with Crippen molar-refractivity contribution in [2.75, 3.05) is 0 Å². The number of halogens is 1. The molecule has 2 aromatic carbocycles. The molecule has 1 aromatic heterocycles. The summed E-state index contributed by atoms with van der Waals surface area (Å²) in [6, 6.07) is 13.2. The number of hydrogen-bond donors (Lipinski definition) is 0. The number of rotatable bonds is 5. The summed E-state index contributed by atoms with van der Waals surface area (Å²) in [5.41, 5.74) is 0.906. The van der Waals surface area contributed by atoms with Gasteiger partial charge in [0.25, 0.3) is 17.6 Å². The van der Waals surface area contributed by atoms with Gasteiger partial charge in [0.1, 0.15) is 5.82 Å². The van der Waals surface area contributed by atoms with Gasteiger partial charge in [-0.3, -0.25) is 9.59 Å². The molecule has 2 amide bonds. The fourth-order valence-electron chi connectivity index (χ4n) is 3.01. The van der Waals surface area contributed by atoms with Crippen LogP contribution in [-0.4, -0.2) is 37.6 Å². The fraction of sp³-hybridized carbons (Fsp3) is 0.150. The molecule has 3 aromatic rings. The highest BCUT2D eigenvalue weighted by atomic mass is 35.5. The lowest BCUT2D eigenvalue weighted by molar-refractivity contribution is -0.0592. The summed E-state index contributed by atoms with van der Waals surface area (Å²) in [4.78, 5) is 46.6. The first-order valence-electron chi connectivity index (χ1n) is 8.92. The molecule has 1 aliphatic rings. The van der Waals surface area contributed by atoms with Gasteiger partial charge in [-0.15, -0.1) is 5.10 Å². The van der Waals surface area contributed by atoms with Crippen molar-refractivity contribution in [2.45, 2.75) is 19.8 Å². The highest BCUT2D eigenvalue weighted by Gasteiger charge is 2.39. The molecule has 146 valence electrons. The monoisotopic (exact) mass is 410 g/mol. The molecule has 0 unspecified atom stereocenters. The van der Waals surface area contributed by atoms with E-state index in [-0.39, 0.29) is 17.0 Å². The van der Waals surface area contributed by atoms with Crippen LogP contribution in [0.5, 0.6) is 0 Å². The molecule has 0 atom stereocenters. The van der Waals surface area contributed by atoms with Crippen molar-refractivity contribution in [3.8, 4) is 5.69 Å². The molecular formula is C20H15ClN4O4. The van der Waals surface area contributed by atoms with Crippen LogP contribution in [0.1, 0.15) is 50.5 Å². The lowest BCUT2D eigenvalue weighted by Gasteiger charge is -2.10. The number of fused-ring (bicyclic) bond motifs is 1. The molecule has 0 N–H and O–H groups in total. The molecular weight excluding hydrogens is 396 g/mol. The predicted octanol–water partition coefficient (Wildman–Crippen LogP) is 3.24. The number of benzene rings is 2. The van der Waals surface area contributed by atoms with Crippen molar-refractivity contribution in [3.05, 3.63) is 76.3 Å². The molecule has 0 fully saturated rings. The van der Waals surface area contributed by atoms with E-state index in [1.54, 1.807) is 36.4 Å². The van der Waals surface area contributed by atoms with Crippen molar-refractivity contribution >= 4 is 29.4 Å². The molecule has 8 nitrogen and oxygen atoms in total. The smallest absolute Gasteiger partial charge is 0.321 e. The zero-order valence-electron chi connectivity index (χ0n) is 15.3. The van der Waals surface area contributed by atoms with Gasteiger partial charge in [0.15, 0.2) is 0 Å². The van der Waals surface area contributed by atoms with Gasteiger partial charge in [0.05, 0.1) is 21.8 Å². The van der Waals surface area contributed by atoms with E-state index in [2.05, 4.69) is 10.1 Å². The first-order valence-corrected chi connectivity index (χ1v) is 9.30. The topological polar surface area (TPSA) is 94.4 Å². The number of aryl methyl sites for hydroxylation is 1. The summed E-state index contributed by atoms with van der Waals surface area (Å²) in [6.45, 7) is 1.96. The third-order valence-electron chi connectivity index (χ3n) is 4.34. The Bertz CT molecular complexity index is 1110. The Labute approximate surface area is 170 Å². The van der Waals surface area contributed by atoms with Crippen LogP contribution in [0.4, 0.5) is 0 Å². The Morgan fingerprint density at radius 2 is 1.66 bits per heavy atom. The third-order valence-corrected chi connectivity index (χ3v) is 4.66. The number of hydrogen-bond acceptors (Lipinski definition) is 6. The van der Waals surface area contributed by atoms with Gasteiger partial charge in [-0.25, -0.2) is 14.5 Å². The van der Waals surface area contributed by atoms with Crippen LogP contribution >= 0.6 is 11.6 Å². The number of para-hydroxylation sites is 1. The van der Waals surface area contributed by atoms with Gasteiger partial charge in [0, 0.05) is 6.42 Å². The normalized spacial score (nSPS) is 13.0. The number of carbonyl (C=O) groups is 3. The summed E-state index contributed by atoms with van der Waals surface area (Å²) < 4.78 is 1.46. The summed E-state index contributed by atoms with van der Waals surface area (Å²) >= 11 is 6.24. The maximum absolute atomic E-state index is 12.6. The first-order chi connectivity index (χ1) is 14.0. The van der Waals surface area contributed by atoms with Gasteiger partial charge in [-0.1, -0.05) is 47.9 Å². The van der Waals surface area contributed by atoms with Crippen molar-refractivity contribution in [1.29, 1.82) is 0 Å². The minimum Gasteiger partial charge on any atom is -0.321 e. The fourth-order valence-corrected chi connectivity index (χ4v) is 3.22. The van der Waals surface area contributed by atoms with Crippen LogP contribution < -0.4 is 0 Å². The van der Waals surface area contributed by atoms with E-state index in [1.165, 1.54) is 16.8 Å². The van der Waals surface area contributed by atoms with Crippen LogP contribution in [0.15, 0.2) is 48.5 Å². The van der Waals surface area contributed by atoms with Crippen molar-refractivity contribution < 1.29 is 19.2 Å². The average molecular weight is 411 g/mol. The number of aromatic nitrogens is 3. The molecule has 4 rings (SSSR count). The number of amides is 2. The zero-order chi connectivity index (χ0) is 20.5. The first kappa shape index (κ1) is 18.8. The van der Waals surface area contributed by atoms with Crippen LogP contribution in [-0.2, 0) is 11.3 Å². The second kappa shape index (κ2) is 7.48. The Morgan fingerprint density at radius 3 is 2.28 bits per heavy atom. The minimum atomic E-state index is -1.01. The molecule has 0 saturated carbocycles. The number of carbonyl (C=O) groups excluding carboxylic acids is 3. The summed E-state index contributed by atoms with van der Waals surface area (Å²) in [5.74, 6) is -2.20. The summed E-state index contributed by atoms with van der Waals surface area (Å²) in [5, 5.41) is 5.07. The number of hydroxylamine groups is 2. The van der Waals surface area contributed by atoms with E-state index in [0.29, 0.717) is 28.0 Å². The summed E-state index contributed by atoms with van der Waals surface area (Å²) in [6.07, 6.45) is 1.30. The van der Waals surface area contributed by atoms with Gasteiger partial charge in [0.2, 0.25) is 0 Å². The third kappa shape index (κ3) is 3.27.